The lowest BCUT2D eigenvalue weighted by molar-refractivity contribution is -0.137. The predicted octanol–water partition coefficient (Wildman–Crippen LogP) is 6.92. The molecule has 0 saturated heterocycles. The molecular formula is C37H45F3N4O6. The SMILES string of the molecule is C[C@@H]1CCCCO[C@H](CN(C)C(=O)c2ccccc2)[C@@H](C)CN([C@H](C)CO)C(=O)c2cc(NC(=O)Nc3ccc(C(F)(F)F)cc3)ccc2O1. The number of benzene rings is 3. The van der Waals surface area contributed by atoms with Gasteiger partial charge in [0.1, 0.15) is 5.75 Å². The summed E-state index contributed by atoms with van der Waals surface area (Å²) in [7, 11) is 1.72. The van der Waals surface area contributed by atoms with Crippen molar-refractivity contribution in [3.8, 4) is 5.75 Å². The number of halogens is 3. The molecular weight excluding hydrogens is 653 g/mol. The Bertz CT molecular complexity index is 1590. The highest BCUT2D eigenvalue weighted by Gasteiger charge is 2.32. The number of alkyl halides is 3. The van der Waals surface area contributed by atoms with Crippen molar-refractivity contribution in [2.24, 2.45) is 5.92 Å². The summed E-state index contributed by atoms with van der Waals surface area (Å²) in [5, 5.41) is 15.3. The van der Waals surface area contributed by atoms with Gasteiger partial charge in [-0.2, -0.15) is 13.2 Å². The van der Waals surface area contributed by atoms with Crippen molar-refractivity contribution in [1.82, 2.24) is 9.80 Å². The molecule has 1 aliphatic rings. The van der Waals surface area contributed by atoms with E-state index in [1.807, 2.05) is 19.9 Å². The molecule has 4 atom stereocenters. The average molecular weight is 699 g/mol. The van der Waals surface area contributed by atoms with Gasteiger partial charge in [0, 0.05) is 49.6 Å². The standard InChI is InChI=1S/C37H45F3N4O6/c1-24-21-44(25(2)23-45)35(47)31-20-30(42-36(48)41-29-15-13-28(14-16-29)37(38,39)40)17-18-32(31)50-26(3)10-8-9-19-49-33(24)22-43(4)34(46)27-11-6-5-7-12-27/h5-7,11-18,20,24-26,33,45H,8-10,19,21-23H2,1-4H3,(H2,41,42,48)/t24-,25+,26+,33+/m0/s1. The Balaban J connectivity index is 1.59. The summed E-state index contributed by atoms with van der Waals surface area (Å²) in [5.74, 6) is -0.560. The number of aliphatic hydroxyl groups is 1. The van der Waals surface area contributed by atoms with Crippen molar-refractivity contribution in [1.29, 1.82) is 0 Å². The van der Waals surface area contributed by atoms with Gasteiger partial charge in [-0.3, -0.25) is 9.59 Å². The van der Waals surface area contributed by atoms with Gasteiger partial charge in [0.2, 0.25) is 0 Å². The molecule has 270 valence electrons. The number of aliphatic hydroxyl groups excluding tert-OH is 1. The number of rotatable bonds is 7. The smallest absolute Gasteiger partial charge is 0.416 e. The first-order chi connectivity index (χ1) is 23.8. The predicted molar refractivity (Wildman–Crippen MR) is 184 cm³/mol. The fourth-order valence-corrected chi connectivity index (χ4v) is 5.65. The van der Waals surface area contributed by atoms with Gasteiger partial charge >= 0.3 is 12.2 Å². The first kappa shape index (κ1) is 38.2. The van der Waals surface area contributed by atoms with E-state index < -0.39 is 35.8 Å². The van der Waals surface area contributed by atoms with Crippen molar-refractivity contribution in [3.05, 3.63) is 89.5 Å². The van der Waals surface area contributed by atoms with Crippen LogP contribution in [0.3, 0.4) is 0 Å². The van der Waals surface area contributed by atoms with E-state index in [4.69, 9.17) is 9.47 Å². The fourth-order valence-electron chi connectivity index (χ4n) is 5.65. The van der Waals surface area contributed by atoms with Gasteiger partial charge < -0.3 is 35.0 Å². The zero-order valence-electron chi connectivity index (χ0n) is 28.7. The van der Waals surface area contributed by atoms with Gasteiger partial charge in [-0.25, -0.2) is 4.79 Å². The van der Waals surface area contributed by atoms with E-state index in [1.165, 1.54) is 11.0 Å². The van der Waals surface area contributed by atoms with Crippen LogP contribution in [0.5, 0.6) is 5.75 Å². The molecule has 0 saturated carbocycles. The van der Waals surface area contributed by atoms with E-state index >= 15 is 0 Å². The Labute approximate surface area is 290 Å². The monoisotopic (exact) mass is 698 g/mol. The van der Waals surface area contributed by atoms with Crippen molar-refractivity contribution >= 4 is 29.2 Å². The molecule has 50 heavy (non-hydrogen) atoms. The third kappa shape index (κ3) is 10.4. The second-order valence-electron chi connectivity index (χ2n) is 12.7. The van der Waals surface area contributed by atoms with Crippen LogP contribution >= 0.6 is 0 Å². The van der Waals surface area contributed by atoms with Crippen LogP contribution in [0, 0.1) is 5.92 Å². The van der Waals surface area contributed by atoms with Crippen molar-refractivity contribution in [2.75, 3.05) is 44.0 Å². The van der Waals surface area contributed by atoms with E-state index in [2.05, 4.69) is 10.6 Å². The van der Waals surface area contributed by atoms with E-state index in [-0.39, 0.29) is 54.6 Å². The summed E-state index contributed by atoms with van der Waals surface area (Å²) >= 11 is 0. The highest BCUT2D eigenvalue weighted by molar-refractivity contribution is 6.02. The van der Waals surface area contributed by atoms with Gasteiger partial charge in [0.05, 0.1) is 36.0 Å². The molecule has 0 spiro atoms. The molecule has 3 aromatic rings. The average Bonchev–Trinajstić information content (AvgIpc) is 3.09. The number of nitrogens with one attached hydrogen (secondary N) is 2. The first-order valence-corrected chi connectivity index (χ1v) is 16.7. The number of ether oxygens (including phenoxy) is 2. The Hall–Kier alpha value is -4.62. The number of nitrogens with zero attached hydrogens (tertiary/aromatic N) is 2. The number of amides is 4. The van der Waals surface area contributed by atoms with Crippen LogP contribution < -0.4 is 15.4 Å². The topological polar surface area (TPSA) is 120 Å². The Morgan fingerprint density at radius 2 is 1.66 bits per heavy atom. The van der Waals surface area contributed by atoms with Crippen LogP contribution in [-0.4, -0.2) is 84.4 Å². The van der Waals surface area contributed by atoms with Crippen molar-refractivity contribution < 1.29 is 42.1 Å². The van der Waals surface area contributed by atoms with Gasteiger partial charge in [-0.1, -0.05) is 25.1 Å². The molecule has 0 aromatic heterocycles. The van der Waals surface area contributed by atoms with Crippen LogP contribution in [0.4, 0.5) is 29.3 Å². The molecule has 10 nitrogen and oxygen atoms in total. The van der Waals surface area contributed by atoms with Crippen LogP contribution in [-0.2, 0) is 10.9 Å². The molecule has 0 radical (unpaired) electrons. The van der Waals surface area contributed by atoms with Crippen LogP contribution in [0.25, 0.3) is 0 Å². The lowest BCUT2D eigenvalue weighted by atomic mass is 10.0. The van der Waals surface area contributed by atoms with E-state index in [1.54, 1.807) is 55.3 Å². The van der Waals surface area contributed by atoms with Crippen molar-refractivity contribution in [2.45, 2.75) is 64.5 Å². The van der Waals surface area contributed by atoms with Gasteiger partial charge in [0.15, 0.2) is 0 Å². The minimum Gasteiger partial charge on any atom is -0.490 e. The largest absolute Gasteiger partial charge is 0.490 e. The summed E-state index contributed by atoms with van der Waals surface area (Å²) in [6.07, 6.45) is -2.97. The van der Waals surface area contributed by atoms with E-state index in [9.17, 15) is 32.7 Å². The molecule has 1 heterocycles. The summed E-state index contributed by atoms with van der Waals surface area (Å²) < 4.78 is 51.4. The minimum atomic E-state index is -4.51. The van der Waals surface area contributed by atoms with Gasteiger partial charge in [-0.05, 0) is 87.7 Å². The summed E-state index contributed by atoms with van der Waals surface area (Å²) in [6, 6.07) is 16.3. The summed E-state index contributed by atoms with van der Waals surface area (Å²) in [6.45, 7) is 6.15. The fraction of sp³-hybridized carbons (Fsp3) is 0.432. The molecule has 0 aliphatic carbocycles. The van der Waals surface area contributed by atoms with Crippen LogP contribution in [0.15, 0.2) is 72.8 Å². The maximum Gasteiger partial charge on any atom is 0.416 e. The Morgan fingerprint density at radius 3 is 2.32 bits per heavy atom. The van der Waals surface area contributed by atoms with Crippen LogP contribution in [0.1, 0.15) is 66.3 Å². The number of likely N-dealkylation sites (N-methyl/N-ethyl adjacent to an activating group) is 1. The normalized spacial score (nSPS) is 19.7. The third-order valence-corrected chi connectivity index (χ3v) is 8.60. The number of carbonyl (C=O) groups is 3. The quantitative estimate of drug-likeness (QED) is 0.247. The van der Waals surface area contributed by atoms with Gasteiger partial charge in [-0.15, -0.1) is 0 Å². The van der Waals surface area contributed by atoms with Gasteiger partial charge in [0.25, 0.3) is 11.8 Å². The minimum absolute atomic E-state index is 0.145. The second kappa shape index (κ2) is 17.3. The lowest BCUT2D eigenvalue weighted by Gasteiger charge is -2.36. The second-order valence-corrected chi connectivity index (χ2v) is 12.7. The molecule has 3 aromatic carbocycles. The summed E-state index contributed by atoms with van der Waals surface area (Å²) in [4.78, 5) is 43.5. The number of fused-ring (bicyclic) bond motifs is 1. The number of hydrogen-bond donors (Lipinski definition) is 3. The first-order valence-electron chi connectivity index (χ1n) is 16.7. The Kier molecular flexibility index (Phi) is 13.3. The molecule has 0 bridgehead atoms. The molecule has 1 aliphatic heterocycles. The molecule has 0 unspecified atom stereocenters. The zero-order valence-corrected chi connectivity index (χ0v) is 28.7. The Morgan fingerprint density at radius 1 is 1.00 bits per heavy atom. The number of urea groups is 1. The highest BCUT2D eigenvalue weighted by Crippen LogP contribution is 2.31. The maximum absolute atomic E-state index is 14.3. The number of hydrogen-bond acceptors (Lipinski definition) is 6. The van der Waals surface area contributed by atoms with Crippen LogP contribution in [0.2, 0.25) is 0 Å². The van der Waals surface area contributed by atoms with E-state index in [0.717, 1.165) is 37.1 Å². The molecule has 0 fully saturated rings. The molecule has 4 amide bonds. The molecule has 13 heteroatoms. The highest BCUT2D eigenvalue weighted by atomic mass is 19.4. The zero-order chi connectivity index (χ0) is 36.4. The summed E-state index contributed by atoms with van der Waals surface area (Å²) in [5.41, 5.74) is 0.251. The molecule has 4 rings (SSSR count). The number of carbonyl (C=O) groups excluding carboxylic acids is 3. The third-order valence-electron chi connectivity index (χ3n) is 8.60. The van der Waals surface area contributed by atoms with E-state index in [0.29, 0.717) is 24.3 Å². The lowest BCUT2D eigenvalue weighted by Crippen LogP contribution is -2.48. The molecule has 3 N–H and O–H groups in total. The number of anilines is 2. The van der Waals surface area contributed by atoms with Crippen molar-refractivity contribution in [3.63, 3.8) is 0 Å². The maximum atomic E-state index is 14.3.